The number of carbonyl (C=O) groups is 5. The van der Waals surface area contributed by atoms with Gasteiger partial charge < -0.3 is 42.1 Å². The molecule has 0 aromatic rings. The van der Waals surface area contributed by atoms with Crippen LogP contribution in [0.3, 0.4) is 0 Å². The fourth-order valence-electron chi connectivity index (χ4n) is 1.99. The van der Waals surface area contributed by atoms with Crippen LogP contribution in [0.5, 0.6) is 0 Å². The molecule has 29 heavy (non-hydrogen) atoms. The van der Waals surface area contributed by atoms with Crippen molar-refractivity contribution >= 4 is 41.4 Å². The SMILES string of the molecule is CSCCC(NC(=O)C(N)CC(=O)O)C(=O)NC(CO)C(=O)NC(CO)C(=O)O. The molecule has 0 aliphatic heterocycles. The number of carboxylic acids is 2. The van der Waals surface area contributed by atoms with E-state index in [1.807, 2.05) is 5.32 Å². The predicted octanol–water partition coefficient (Wildman–Crippen LogP) is -3.93. The van der Waals surface area contributed by atoms with Gasteiger partial charge in [-0.05, 0) is 18.4 Å². The monoisotopic (exact) mass is 438 g/mol. The molecule has 3 amide bonds. The van der Waals surface area contributed by atoms with Gasteiger partial charge in [0.15, 0.2) is 0 Å². The van der Waals surface area contributed by atoms with Crippen LogP contribution < -0.4 is 21.7 Å². The first-order valence-corrected chi connectivity index (χ1v) is 9.78. The maximum absolute atomic E-state index is 12.4. The second-order valence-electron chi connectivity index (χ2n) is 5.87. The lowest BCUT2D eigenvalue weighted by molar-refractivity contribution is -0.143. The molecule has 9 N–H and O–H groups in total. The van der Waals surface area contributed by atoms with Crippen LogP contribution in [0.4, 0.5) is 0 Å². The molecule has 0 spiro atoms. The first kappa shape index (κ1) is 26.6. The molecule has 4 atom stereocenters. The second-order valence-corrected chi connectivity index (χ2v) is 6.86. The largest absolute Gasteiger partial charge is 0.481 e. The number of hydrogen-bond donors (Lipinski definition) is 8. The highest BCUT2D eigenvalue weighted by atomic mass is 32.2. The molecular formula is C15H26N4O9S. The number of thioether (sulfide) groups is 1. The van der Waals surface area contributed by atoms with Gasteiger partial charge in [-0.15, -0.1) is 0 Å². The van der Waals surface area contributed by atoms with Crippen molar-refractivity contribution in [2.75, 3.05) is 25.2 Å². The van der Waals surface area contributed by atoms with Crippen molar-refractivity contribution in [2.45, 2.75) is 37.0 Å². The van der Waals surface area contributed by atoms with Crippen LogP contribution in [0, 0.1) is 0 Å². The summed E-state index contributed by atoms with van der Waals surface area (Å²) < 4.78 is 0. The smallest absolute Gasteiger partial charge is 0.328 e. The Bertz CT molecular complexity index is 604. The summed E-state index contributed by atoms with van der Waals surface area (Å²) >= 11 is 1.36. The standard InChI is InChI=1S/C15H26N4O9S/c1-29-3-2-8(17-12(24)7(16)4-11(22)23)13(25)18-9(5-20)14(26)19-10(6-21)15(27)28/h7-10,20-21H,2-6,16H2,1H3,(H,17,24)(H,18,25)(H,19,26)(H,22,23)(H,27,28). The molecule has 0 heterocycles. The van der Waals surface area contributed by atoms with Crippen molar-refractivity contribution in [3.05, 3.63) is 0 Å². The van der Waals surface area contributed by atoms with E-state index >= 15 is 0 Å². The predicted molar refractivity (Wildman–Crippen MR) is 101 cm³/mol. The lowest BCUT2D eigenvalue weighted by atomic mass is 10.1. The van der Waals surface area contributed by atoms with Gasteiger partial charge in [-0.1, -0.05) is 0 Å². The van der Waals surface area contributed by atoms with Crippen LogP contribution >= 0.6 is 11.8 Å². The number of carbonyl (C=O) groups excluding carboxylic acids is 3. The summed E-state index contributed by atoms with van der Waals surface area (Å²) in [5.41, 5.74) is 5.46. The van der Waals surface area contributed by atoms with Crippen LogP contribution in [0.2, 0.25) is 0 Å². The number of carboxylic acid groups (broad SMARTS) is 2. The highest BCUT2D eigenvalue weighted by Crippen LogP contribution is 2.03. The van der Waals surface area contributed by atoms with Gasteiger partial charge in [-0.25, -0.2) is 4.79 Å². The summed E-state index contributed by atoms with van der Waals surface area (Å²) in [4.78, 5) is 58.0. The number of amides is 3. The molecule has 14 heteroatoms. The van der Waals surface area contributed by atoms with E-state index in [9.17, 15) is 29.1 Å². The minimum absolute atomic E-state index is 0.118. The zero-order valence-corrected chi connectivity index (χ0v) is 16.5. The van der Waals surface area contributed by atoms with E-state index < -0.39 is 73.5 Å². The molecule has 0 aromatic heterocycles. The lowest BCUT2D eigenvalue weighted by Crippen LogP contribution is -2.58. The molecule has 0 aromatic carbocycles. The third-order valence-corrected chi connectivity index (χ3v) is 4.23. The molecule has 0 fully saturated rings. The first-order chi connectivity index (χ1) is 13.6. The number of rotatable bonds is 14. The maximum Gasteiger partial charge on any atom is 0.328 e. The number of aliphatic carboxylic acids is 2. The summed E-state index contributed by atoms with van der Waals surface area (Å²) in [5, 5.41) is 42.2. The van der Waals surface area contributed by atoms with Crippen LogP contribution in [0.25, 0.3) is 0 Å². The average Bonchev–Trinajstić information content (AvgIpc) is 2.65. The summed E-state index contributed by atoms with van der Waals surface area (Å²) in [5.74, 6) is -5.19. The van der Waals surface area contributed by atoms with Crippen molar-refractivity contribution in [2.24, 2.45) is 5.73 Å². The molecule has 4 unspecified atom stereocenters. The van der Waals surface area contributed by atoms with E-state index in [2.05, 4.69) is 10.6 Å². The third-order valence-electron chi connectivity index (χ3n) is 3.59. The topological polar surface area (TPSA) is 228 Å². The van der Waals surface area contributed by atoms with Crippen LogP contribution in [0.1, 0.15) is 12.8 Å². The second kappa shape index (κ2) is 13.7. The summed E-state index contributed by atoms with van der Waals surface area (Å²) in [6.45, 7) is -1.78. The van der Waals surface area contributed by atoms with Crippen molar-refractivity contribution < 1.29 is 44.4 Å². The van der Waals surface area contributed by atoms with Gasteiger partial charge in [0.05, 0.1) is 25.7 Å². The Kier molecular flexibility index (Phi) is 12.6. The first-order valence-electron chi connectivity index (χ1n) is 8.39. The molecule has 0 aliphatic carbocycles. The Balaban J connectivity index is 5.12. The quantitative estimate of drug-likeness (QED) is 0.130. The van der Waals surface area contributed by atoms with E-state index in [0.29, 0.717) is 5.75 Å². The molecule has 0 saturated heterocycles. The van der Waals surface area contributed by atoms with Crippen molar-refractivity contribution in [3.8, 4) is 0 Å². The molecule has 13 nitrogen and oxygen atoms in total. The highest BCUT2D eigenvalue weighted by Gasteiger charge is 2.30. The van der Waals surface area contributed by atoms with E-state index in [1.54, 1.807) is 6.26 Å². The lowest BCUT2D eigenvalue weighted by Gasteiger charge is -2.23. The highest BCUT2D eigenvalue weighted by molar-refractivity contribution is 7.98. The fourth-order valence-corrected chi connectivity index (χ4v) is 2.46. The van der Waals surface area contributed by atoms with Gasteiger partial charge in [0.2, 0.25) is 17.7 Å². The zero-order chi connectivity index (χ0) is 22.6. The van der Waals surface area contributed by atoms with E-state index in [4.69, 9.17) is 21.1 Å². The number of nitrogens with two attached hydrogens (primary N) is 1. The summed E-state index contributed by atoms with van der Waals surface area (Å²) in [6.07, 6.45) is 1.21. The Morgan fingerprint density at radius 1 is 0.862 bits per heavy atom. The van der Waals surface area contributed by atoms with Gasteiger partial charge >= 0.3 is 11.9 Å². The third kappa shape index (κ3) is 10.1. The summed E-state index contributed by atoms with van der Waals surface area (Å²) in [6, 6.07) is -5.74. The van der Waals surface area contributed by atoms with Gasteiger partial charge in [-0.2, -0.15) is 11.8 Å². The molecule has 0 rings (SSSR count). The van der Waals surface area contributed by atoms with Crippen molar-refractivity contribution in [3.63, 3.8) is 0 Å². The van der Waals surface area contributed by atoms with Gasteiger partial charge in [0, 0.05) is 0 Å². The molecule has 0 saturated carbocycles. The van der Waals surface area contributed by atoms with Crippen molar-refractivity contribution in [1.82, 2.24) is 16.0 Å². The van der Waals surface area contributed by atoms with Crippen LogP contribution in [-0.4, -0.2) is 99.5 Å². The zero-order valence-electron chi connectivity index (χ0n) is 15.7. The molecular weight excluding hydrogens is 412 g/mol. The Labute approximate surface area is 170 Å². The maximum atomic E-state index is 12.4. The molecule has 0 aliphatic rings. The minimum Gasteiger partial charge on any atom is -0.481 e. The number of hydrogen-bond acceptors (Lipinski definition) is 9. The number of nitrogens with one attached hydrogen (secondary N) is 3. The van der Waals surface area contributed by atoms with Gasteiger partial charge in [0.1, 0.15) is 18.1 Å². The van der Waals surface area contributed by atoms with E-state index in [1.165, 1.54) is 11.8 Å². The normalized spacial score (nSPS) is 14.8. The van der Waals surface area contributed by atoms with Crippen LogP contribution in [-0.2, 0) is 24.0 Å². The number of aliphatic hydroxyl groups is 2. The Morgan fingerprint density at radius 3 is 1.79 bits per heavy atom. The van der Waals surface area contributed by atoms with Crippen LogP contribution in [0.15, 0.2) is 0 Å². The van der Waals surface area contributed by atoms with E-state index in [0.717, 1.165) is 0 Å². The molecule has 166 valence electrons. The molecule has 0 bridgehead atoms. The van der Waals surface area contributed by atoms with Gasteiger partial charge in [0.25, 0.3) is 0 Å². The van der Waals surface area contributed by atoms with Gasteiger partial charge in [-0.3, -0.25) is 19.2 Å². The minimum atomic E-state index is -1.63. The average molecular weight is 438 g/mol. The fraction of sp³-hybridized carbons (Fsp3) is 0.667. The van der Waals surface area contributed by atoms with Crippen molar-refractivity contribution in [1.29, 1.82) is 0 Å². The number of aliphatic hydroxyl groups excluding tert-OH is 2. The molecule has 0 radical (unpaired) electrons. The summed E-state index contributed by atoms with van der Waals surface area (Å²) in [7, 11) is 0. The Morgan fingerprint density at radius 2 is 1.34 bits per heavy atom. The van der Waals surface area contributed by atoms with E-state index in [-0.39, 0.29) is 6.42 Å². The Hall–Kier alpha value is -2.42.